The number of hydrogen-bond acceptors (Lipinski definition) is 5. The fourth-order valence-corrected chi connectivity index (χ4v) is 5.54. The van der Waals surface area contributed by atoms with Crippen LogP contribution in [-0.2, 0) is 6.61 Å². The van der Waals surface area contributed by atoms with Gasteiger partial charge in [0.15, 0.2) is 5.75 Å². The molecule has 0 fully saturated rings. The molecule has 7 aromatic rings. The lowest BCUT2D eigenvalue weighted by atomic mass is 9.92. The van der Waals surface area contributed by atoms with Crippen molar-refractivity contribution >= 4 is 43.9 Å². The van der Waals surface area contributed by atoms with Gasteiger partial charge in [0, 0.05) is 28.7 Å². The quantitative estimate of drug-likeness (QED) is 0.273. The minimum Gasteiger partial charge on any atom is -0.486 e. The molecule has 0 spiro atoms. The van der Waals surface area contributed by atoms with Crippen LogP contribution in [-0.4, -0.2) is 29.9 Å². The van der Waals surface area contributed by atoms with Crippen molar-refractivity contribution in [2.24, 2.45) is 0 Å². The number of benzene rings is 4. The Balaban J connectivity index is 1.31. The third-order valence-corrected chi connectivity index (χ3v) is 7.11. The lowest BCUT2D eigenvalue weighted by Crippen LogP contribution is -2.06. The molecule has 4 aromatic carbocycles. The summed E-state index contributed by atoms with van der Waals surface area (Å²) in [5, 5.41) is 2.12. The van der Waals surface area contributed by atoms with E-state index >= 15 is 0 Å². The van der Waals surface area contributed by atoms with Gasteiger partial charge < -0.3 is 14.7 Å². The molecule has 1 aliphatic rings. The standard InChI is InChI=1S/C29H20N6O/c1-14-32-23-8-7-21-19-5-3-16(11-18(19)13-36-29(21)26(23)34-14)17-4-6-20-22(12-17)24-27(31-10-9-30-24)28-25(20)33-15(2)35-28/h3-12H,13H2,1-2H3,(H,32,34)(H,33,35). The Kier molecular flexibility index (Phi) is 3.73. The van der Waals surface area contributed by atoms with E-state index in [1.165, 1.54) is 5.56 Å². The van der Waals surface area contributed by atoms with Crippen LogP contribution in [0.1, 0.15) is 17.2 Å². The van der Waals surface area contributed by atoms with Crippen LogP contribution in [0.15, 0.2) is 60.9 Å². The zero-order valence-electron chi connectivity index (χ0n) is 19.7. The van der Waals surface area contributed by atoms with Crippen molar-refractivity contribution in [2.75, 3.05) is 0 Å². The van der Waals surface area contributed by atoms with E-state index in [2.05, 4.69) is 73.5 Å². The van der Waals surface area contributed by atoms with Crippen molar-refractivity contribution in [3.05, 3.63) is 78.1 Å². The van der Waals surface area contributed by atoms with E-state index in [0.29, 0.717) is 6.61 Å². The zero-order valence-corrected chi connectivity index (χ0v) is 19.7. The summed E-state index contributed by atoms with van der Waals surface area (Å²) in [5.74, 6) is 2.61. The predicted molar refractivity (Wildman–Crippen MR) is 141 cm³/mol. The molecule has 4 heterocycles. The molecule has 0 aliphatic carbocycles. The van der Waals surface area contributed by atoms with Crippen molar-refractivity contribution in [1.29, 1.82) is 0 Å². The Hall–Kier alpha value is -4.78. The van der Waals surface area contributed by atoms with E-state index in [1.807, 2.05) is 13.8 Å². The highest BCUT2D eigenvalue weighted by Crippen LogP contribution is 2.43. The summed E-state index contributed by atoms with van der Waals surface area (Å²) >= 11 is 0. The minimum absolute atomic E-state index is 0.510. The first kappa shape index (κ1) is 19.5. The van der Waals surface area contributed by atoms with Crippen molar-refractivity contribution in [2.45, 2.75) is 20.5 Å². The number of hydrogen-bond donors (Lipinski definition) is 2. The van der Waals surface area contributed by atoms with E-state index in [-0.39, 0.29) is 0 Å². The lowest BCUT2D eigenvalue weighted by molar-refractivity contribution is 0.305. The van der Waals surface area contributed by atoms with Gasteiger partial charge in [0.2, 0.25) is 0 Å². The molecule has 0 unspecified atom stereocenters. The van der Waals surface area contributed by atoms with Crippen LogP contribution in [0, 0.1) is 13.8 Å². The normalized spacial score (nSPS) is 12.8. The number of H-pyrrole nitrogens is 2. The van der Waals surface area contributed by atoms with E-state index in [1.54, 1.807) is 12.4 Å². The van der Waals surface area contributed by atoms with Gasteiger partial charge in [-0.2, -0.15) is 0 Å². The third kappa shape index (κ3) is 2.62. The van der Waals surface area contributed by atoms with Gasteiger partial charge >= 0.3 is 0 Å². The van der Waals surface area contributed by atoms with Gasteiger partial charge in [0.25, 0.3) is 0 Å². The number of imidazole rings is 2. The molecule has 0 atom stereocenters. The molecule has 0 saturated carbocycles. The second kappa shape index (κ2) is 6.88. The van der Waals surface area contributed by atoms with Gasteiger partial charge in [-0.05, 0) is 60.4 Å². The summed E-state index contributed by atoms with van der Waals surface area (Å²) < 4.78 is 6.23. The monoisotopic (exact) mass is 468 g/mol. The number of nitrogens with one attached hydrogen (secondary N) is 2. The molecule has 0 saturated heterocycles. The number of rotatable bonds is 1. The first-order valence-electron chi connectivity index (χ1n) is 11.9. The molecular weight excluding hydrogens is 448 g/mol. The zero-order chi connectivity index (χ0) is 24.0. The summed E-state index contributed by atoms with van der Waals surface area (Å²) in [4.78, 5) is 25.4. The summed E-state index contributed by atoms with van der Waals surface area (Å²) in [6.07, 6.45) is 3.47. The lowest BCUT2D eigenvalue weighted by Gasteiger charge is -2.22. The first-order valence-corrected chi connectivity index (χ1v) is 11.9. The van der Waals surface area contributed by atoms with Gasteiger partial charge in [-0.15, -0.1) is 0 Å². The fourth-order valence-electron chi connectivity index (χ4n) is 5.54. The number of aromatic amines is 2. The molecule has 1 aliphatic heterocycles. The van der Waals surface area contributed by atoms with E-state index in [4.69, 9.17) is 9.72 Å². The molecule has 172 valence electrons. The third-order valence-electron chi connectivity index (χ3n) is 7.11. The summed E-state index contributed by atoms with van der Waals surface area (Å²) in [6, 6.07) is 17.3. The smallest absolute Gasteiger partial charge is 0.155 e. The highest BCUT2D eigenvalue weighted by atomic mass is 16.5. The predicted octanol–water partition coefficient (Wildman–Crippen LogP) is 6.38. The van der Waals surface area contributed by atoms with Gasteiger partial charge in [-0.25, -0.2) is 9.97 Å². The van der Waals surface area contributed by atoms with Crippen LogP contribution < -0.4 is 4.74 Å². The summed E-state index contributed by atoms with van der Waals surface area (Å²) in [5.41, 5.74) is 11.1. The Bertz CT molecular complexity index is 2030. The Morgan fingerprint density at radius 3 is 2.36 bits per heavy atom. The molecule has 7 heteroatoms. The topological polar surface area (TPSA) is 92.4 Å². The Labute approximate surface area is 205 Å². The number of aryl methyl sites for hydroxylation is 2. The number of ether oxygens (including phenoxy) is 1. The Morgan fingerprint density at radius 2 is 1.44 bits per heavy atom. The average molecular weight is 469 g/mol. The van der Waals surface area contributed by atoms with Gasteiger partial charge in [0.1, 0.15) is 29.3 Å². The number of fused-ring (bicyclic) bond motifs is 11. The number of nitrogens with zero attached hydrogens (tertiary/aromatic N) is 4. The second-order valence-electron chi connectivity index (χ2n) is 9.38. The van der Waals surface area contributed by atoms with Gasteiger partial charge in [-0.1, -0.05) is 24.3 Å². The van der Waals surface area contributed by atoms with Crippen LogP contribution >= 0.6 is 0 Å². The van der Waals surface area contributed by atoms with Gasteiger partial charge in [-0.3, -0.25) is 9.97 Å². The van der Waals surface area contributed by atoms with E-state index < -0.39 is 0 Å². The first-order chi connectivity index (χ1) is 17.6. The highest BCUT2D eigenvalue weighted by molar-refractivity contribution is 6.21. The van der Waals surface area contributed by atoms with Crippen LogP contribution in [0.4, 0.5) is 0 Å². The average Bonchev–Trinajstić information content (AvgIpc) is 3.49. The van der Waals surface area contributed by atoms with Crippen molar-refractivity contribution in [3.8, 4) is 28.0 Å². The molecule has 7 nitrogen and oxygen atoms in total. The molecule has 2 N–H and O–H groups in total. The molecule has 0 amide bonds. The number of aromatic nitrogens is 6. The molecule has 0 radical (unpaired) electrons. The van der Waals surface area contributed by atoms with Gasteiger partial charge in [0.05, 0.1) is 22.1 Å². The second-order valence-corrected chi connectivity index (χ2v) is 9.38. The van der Waals surface area contributed by atoms with Crippen LogP contribution in [0.2, 0.25) is 0 Å². The maximum atomic E-state index is 6.23. The summed E-state index contributed by atoms with van der Waals surface area (Å²) in [7, 11) is 0. The maximum Gasteiger partial charge on any atom is 0.155 e. The van der Waals surface area contributed by atoms with Crippen molar-refractivity contribution in [1.82, 2.24) is 29.9 Å². The highest BCUT2D eigenvalue weighted by Gasteiger charge is 2.22. The largest absolute Gasteiger partial charge is 0.486 e. The van der Waals surface area contributed by atoms with E-state index in [9.17, 15) is 0 Å². The van der Waals surface area contributed by atoms with E-state index in [0.717, 1.165) is 83.5 Å². The van der Waals surface area contributed by atoms with Crippen molar-refractivity contribution < 1.29 is 4.74 Å². The van der Waals surface area contributed by atoms with Crippen LogP contribution in [0.25, 0.3) is 66.1 Å². The van der Waals surface area contributed by atoms with Crippen LogP contribution in [0.3, 0.4) is 0 Å². The molecule has 36 heavy (non-hydrogen) atoms. The molecule has 0 bridgehead atoms. The van der Waals surface area contributed by atoms with Crippen molar-refractivity contribution in [3.63, 3.8) is 0 Å². The summed E-state index contributed by atoms with van der Waals surface area (Å²) in [6.45, 7) is 4.44. The molecule has 8 rings (SSSR count). The van der Waals surface area contributed by atoms with Crippen LogP contribution in [0.5, 0.6) is 5.75 Å². The maximum absolute atomic E-state index is 6.23. The molecule has 3 aromatic heterocycles. The minimum atomic E-state index is 0.510. The SMILES string of the molecule is Cc1nc2c3c(ccc2[nH]1)-c1ccc(-c2ccc4c(c2)c2nccnc2c2[nH]c(C)nc42)cc1CO3. The Morgan fingerprint density at radius 1 is 0.694 bits per heavy atom. The molecular formula is C29H20N6O. The fraction of sp³-hybridized carbons (Fsp3) is 0.103.